The zero-order chi connectivity index (χ0) is 9.97. The van der Waals surface area contributed by atoms with Crippen LogP contribution in [-0.2, 0) is 6.42 Å². The summed E-state index contributed by atoms with van der Waals surface area (Å²) in [6, 6.07) is 8.19. The van der Waals surface area contributed by atoms with E-state index in [1.807, 2.05) is 31.2 Å². The van der Waals surface area contributed by atoms with Gasteiger partial charge < -0.3 is 4.42 Å². The number of benzene rings is 1. The van der Waals surface area contributed by atoms with Crippen LogP contribution < -0.4 is 0 Å². The van der Waals surface area contributed by atoms with E-state index in [1.54, 1.807) is 0 Å². The van der Waals surface area contributed by atoms with E-state index in [-0.39, 0.29) is 0 Å². The molecule has 0 bridgehead atoms. The summed E-state index contributed by atoms with van der Waals surface area (Å²) >= 11 is 0. The van der Waals surface area contributed by atoms with E-state index in [9.17, 15) is 0 Å². The molecule has 0 aliphatic heterocycles. The van der Waals surface area contributed by atoms with Gasteiger partial charge in [0.05, 0.1) is 0 Å². The van der Waals surface area contributed by atoms with Gasteiger partial charge in [-0.05, 0) is 25.5 Å². The fourth-order valence-electron chi connectivity index (χ4n) is 1.77. The molecule has 0 spiro atoms. The highest BCUT2D eigenvalue weighted by Crippen LogP contribution is 2.26. The van der Waals surface area contributed by atoms with Crippen LogP contribution >= 0.6 is 0 Å². The number of allylic oxidation sites excluding steroid dienone is 1. The monoisotopic (exact) mass is 186 g/mol. The molecule has 1 aromatic heterocycles. The van der Waals surface area contributed by atoms with Crippen molar-refractivity contribution in [2.24, 2.45) is 0 Å². The number of rotatable bonds is 2. The second-order valence-corrected chi connectivity index (χ2v) is 3.29. The Balaban J connectivity index is 2.72. The van der Waals surface area contributed by atoms with Crippen LogP contribution in [0.3, 0.4) is 0 Å². The van der Waals surface area contributed by atoms with Crippen molar-refractivity contribution in [3.05, 3.63) is 41.7 Å². The summed E-state index contributed by atoms with van der Waals surface area (Å²) in [5.74, 6) is 0.996. The van der Waals surface area contributed by atoms with Gasteiger partial charge in [-0.1, -0.05) is 31.2 Å². The maximum Gasteiger partial charge on any atom is 0.135 e. The molecule has 72 valence electrons. The van der Waals surface area contributed by atoms with E-state index in [0.717, 1.165) is 17.8 Å². The molecule has 0 unspecified atom stereocenters. The van der Waals surface area contributed by atoms with E-state index >= 15 is 0 Å². The summed E-state index contributed by atoms with van der Waals surface area (Å²) in [6.45, 7) is 4.16. The zero-order valence-corrected chi connectivity index (χ0v) is 8.58. The molecule has 14 heavy (non-hydrogen) atoms. The lowest BCUT2D eigenvalue weighted by molar-refractivity contribution is 0.599. The summed E-state index contributed by atoms with van der Waals surface area (Å²) < 4.78 is 5.74. The largest absolute Gasteiger partial charge is 0.456 e. The number of hydrogen-bond donors (Lipinski definition) is 0. The Hall–Kier alpha value is -1.50. The van der Waals surface area contributed by atoms with Crippen LogP contribution in [0.1, 0.15) is 25.2 Å². The molecule has 0 aliphatic rings. The molecule has 2 rings (SSSR count). The van der Waals surface area contributed by atoms with E-state index in [2.05, 4.69) is 19.1 Å². The number of fused-ring (bicyclic) bond motifs is 1. The van der Waals surface area contributed by atoms with E-state index in [0.29, 0.717) is 0 Å². The minimum atomic E-state index is 0.984. The van der Waals surface area contributed by atoms with Crippen molar-refractivity contribution in [2.45, 2.75) is 20.3 Å². The van der Waals surface area contributed by atoms with Crippen molar-refractivity contribution in [3.8, 4) is 0 Å². The molecule has 0 N–H and O–H groups in total. The summed E-state index contributed by atoms with van der Waals surface area (Å²) in [7, 11) is 0. The Bertz CT molecular complexity index is 463. The summed E-state index contributed by atoms with van der Waals surface area (Å²) in [5.41, 5.74) is 2.29. The molecule has 0 saturated carbocycles. The van der Waals surface area contributed by atoms with Gasteiger partial charge in [0, 0.05) is 10.9 Å². The molecule has 0 aliphatic carbocycles. The predicted octanol–water partition coefficient (Wildman–Crippen LogP) is 4.03. The molecule has 0 radical (unpaired) electrons. The quantitative estimate of drug-likeness (QED) is 0.690. The smallest absolute Gasteiger partial charge is 0.135 e. The van der Waals surface area contributed by atoms with Gasteiger partial charge in [-0.3, -0.25) is 0 Å². The van der Waals surface area contributed by atoms with Crippen molar-refractivity contribution >= 4 is 17.0 Å². The minimum absolute atomic E-state index is 0.984. The van der Waals surface area contributed by atoms with E-state index in [1.165, 1.54) is 10.9 Å². The lowest BCUT2D eigenvalue weighted by atomic mass is 10.1. The van der Waals surface area contributed by atoms with Crippen LogP contribution in [0, 0.1) is 0 Å². The number of aryl methyl sites for hydroxylation is 1. The van der Waals surface area contributed by atoms with E-state index in [4.69, 9.17) is 4.42 Å². The number of para-hydroxylation sites is 1. The van der Waals surface area contributed by atoms with Gasteiger partial charge in [0.1, 0.15) is 11.3 Å². The molecule has 1 aromatic carbocycles. The van der Waals surface area contributed by atoms with Gasteiger partial charge in [-0.25, -0.2) is 0 Å². The molecule has 0 atom stereocenters. The number of furan rings is 1. The lowest BCUT2D eigenvalue weighted by Crippen LogP contribution is -1.79. The Morgan fingerprint density at radius 2 is 2.07 bits per heavy atom. The third-order valence-electron chi connectivity index (χ3n) is 2.40. The highest BCUT2D eigenvalue weighted by molar-refractivity contribution is 5.84. The first-order valence-corrected chi connectivity index (χ1v) is 5.00. The fourth-order valence-corrected chi connectivity index (χ4v) is 1.77. The molecule has 2 aromatic rings. The highest BCUT2D eigenvalue weighted by atomic mass is 16.3. The van der Waals surface area contributed by atoms with Crippen LogP contribution in [0.15, 0.2) is 34.8 Å². The topological polar surface area (TPSA) is 13.1 Å². The first-order chi connectivity index (χ1) is 6.86. The van der Waals surface area contributed by atoms with Gasteiger partial charge in [-0.2, -0.15) is 0 Å². The first-order valence-electron chi connectivity index (χ1n) is 5.00. The Kier molecular flexibility index (Phi) is 2.40. The van der Waals surface area contributed by atoms with Crippen molar-refractivity contribution in [1.82, 2.24) is 0 Å². The summed E-state index contributed by atoms with van der Waals surface area (Å²) in [5, 5.41) is 1.24. The first kappa shape index (κ1) is 9.07. The van der Waals surface area contributed by atoms with Crippen LogP contribution in [0.4, 0.5) is 0 Å². The van der Waals surface area contributed by atoms with Crippen molar-refractivity contribution in [2.75, 3.05) is 0 Å². The third-order valence-corrected chi connectivity index (χ3v) is 2.40. The lowest BCUT2D eigenvalue weighted by Gasteiger charge is -1.92. The average molecular weight is 186 g/mol. The van der Waals surface area contributed by atoms with Gasteiger partial charge in [-0.15, -0.1) is 0 Å². The zero-order valence-electron chi connectivity index (χ0n) is 8.58. The predicted molar refractivity (Wildman–Crippen MR) is 60.3 cm³/mol. The van der Waals surface area contributed by atoms with Crippen LogP contribution in [0.5, 0.6) is 0 Å². The Morgan fingerprint density at radius 3 is 2.79 bits per heavy atom. The normalized spacial score (nSPS) is 11.6. The summed E-state index contributed by atoms with van der Waals surface area (Å²) in [6.07, 6.45) is 5.05. The standard InChI is InChI=1S/C13H14O/c1-3-7-12-10(4-2)11-8-5-6-9-13(11)14-12/h3,5-9H,4H2,1-2H3/b7-3-. The van der Waals surface area contributed by atoms with Gasteiger partial charge >= 0.3 is 0 Å². The molecule has 0 fully saturated rings. The van der Waals surface area contributed by atoms with E-state index < -0.39 is 0 Å². The van der Waals surface area contributed by atoms with Crippen molar-refractivity contribution < 1.29 is 4.42 Å². The minimum Gasteiger partial charge on any atom is -0.456 e. The van der Waals surface area contributed by atoms with Crippen molar-refractivity contribution in [1.29, 1.82) is 0 Å². The van der Waals surface area contributed by atoms with Crippen LogP contribution in [-0.4, -0.2) is 0 Å². The summed E-state index contributed by atoms with van der Waals surface area (Å²) in [4.78, 5) is 0. The van der Waals surface area contributed by atoms with Crippen molar-refractivity contribution in [3.63, 3.8) is 0 Å². The molecular formula is C13H14O. The Labute approximate surface area is 84.0 Å². The van der Waals surface area contributed by atoms with Crippen LogP contribution in [0.25, 0.3) is 17.0 Å². The maximum atomic E-state index is 5.74. The second-order valence-electron chi connectivity index (χ2n) is 3.29. The van der Waals surface area contributed by atoms with Gasteiger partial charge in [0.15, 0.2) is 0 Å². The van der Waals surface area contributed by atoms with Crippen LogP contribution in [0.2, 0.25) is 0 Å². The number of hydrogen-bond acceptors (Lipinski definition) is 1. The Morgan fingerprint density at radius 1 is 1.29 bits per heavy atom. The average Bonchev–Trinajstić information content (AvgIpc) is 2.55. The highest BCUT2D eigenvalue weighted by Gasteiger charge is 2.08. The molecule has 0 saturated heterocycles. The maximum absolute atomic E-state index is 5.74. The second kappa shape index (κ2) is 3.70. The third kappa shape index (κ3) is 1.35. The molecule has 1 heterocycles. The molecule has 0 amide bonds. The fraction of sp³-hybridized carbons (Fsp3) is 0.231. The molecule has 1 heteroatoms. The molecular weight excluding hydrogens is 172 g/mol. The van der Waals surface area contributed by atoms with Gasteiger partial charge in [0.2, 0.25) is 0 Å². The molecule has 1 nitrogen and oxygen atoms in total. The SMILES string of the molecule is C/C=C\c1oc2ccccc2c1CC. The van der Waals surface area contributed by atoms with Gasteiger partial charge in [0.25, 0.3) is 0 Å².